The number of benzene rings is 1. The zero-order valence-electron chi connectivity index (χ0n) is 9.03. The Balaban J connectivity index is 2.02. The number of phenols is 1. The first kappa shape index (κ1) is 10.3. The Morgan fingerprint density at radius 3 is 2.80 bits per heavy atom. The van der Waals surface area contributed by atoms with Gasteiger partial charge in [-0.1, -0.05) is 6.07 Å². The van der Waals surface area contributed by atoms with Crippen molar-refractivity contribution in [1.82, 2.24) is 0 Å². The van der Waals surface area contributed by atoms with Gasteiger partial charge in [0, 0.05) is 23.8 Å². The second kappa shape index (κ2) is 4.11. The molecule has 0 aromatic heterocycles. The standard InChI is InChI=1S/C12H18N2O/c1-8-2-4-11(7-12(8)15)14-10-5-3-9(13)6-10/h2,4,7,9-10,14-15H,3,5-6,13H2,1H3. The molecule has 0 bridgehead atoms. The van der Waals surface area contributed by atoms with E-state index in [4.69, 9.17) is 5.73 Å². The Labute approximate surface area is 90.3 Å². The fourth-order valence-electron chi connectivity index (χ4n) is 2.08. The van der Waals surface area contributed by atoms with E-state index in [1.54, 1.807) is 6.07 Å². The van der Waals surface area contributed by atoms with E-state index < -0.39 is 0 Å². The van der Waals surface area contributed by atoms with Crippen LogP contribution in [0.15, 0.2) is 18.2 Å². The molecular weight excluding hydrogens is 188 g/mol. The third kappa shape index (κ3) is 2.42. The minimum Gasteiger partial charge on any atom is -0.508 e. The van der Waals surface area contributed by atoms with Gasteiger partial charge in [0.1, 0.15) is 5.75 Å². The fourth-order valence-corrected chi connectivity index (χ4v) is 2.08. The number of hydrogen-bond acceptors (Lipinski definition) is 3. The monoisotopic (exact) mass is 206 g/mol. The second-order valence-electron chi connectivity index (χ2n) is 4.42. The molecule has 1 aliphatic carbocycles. The van der Waals surface area contributed by atoms with E-state index in [0.717, 1.165) is 30.5 Å². The molecule has 3 heteroatoms. The lowest BCUT2D eigenvalue weighted by molar-refractivity contribution is 0.471. The lowest BCUT2D eigenvalue weighted by Crippen LogP contribution is -2.20. The van der Waals surface area contributed by atoms with Gasteiger partial charge >= 0.3 is 0 Å². The van der Waals surface area contributed by atoms with Gasteiger partial charge in [0.2, 0.25) is 0 Å². The number of nitrogens with one attached hydrogen (secondary N) is 1. The summed E-state index contributed by atoms with van der Waals surface area (Å²) < 4.78 is 0. The van der Waals surface area contributed by atoms with E-state index in [1.165, 1.54) is 0 Å². The van der Waals surface area contributed by atoms with Crippen LogP contribution in [0.3, 0.4) is 0 Å². The maximum Gasteiger partial charge on any atom is 0.120 e. The first-order chi connectivity index (χ1) is 7.15. The molecule has 15 heavy (non-hydrogen) atoms. The molecule has 0 saturated heterocycles. The summed E-state index contributed by atoms with van der Waals surface area (Å²) in [4.78, 5) is 0. The van der Waals surface area contributed by atoms with Crippen molar-refractivity contribution in [1.29, 1.82) is 0 Å². The van der Waals surface area contributed by atoms with Crippen LogP contribution < -0.4 is 11.1 Å². The Bertz CT molecular complexity index is 351. The Morgan fingerprint density at radius 2 is 2.20 bits per heavy atom. The molecule has 0 heterocycles. The zero-order valence-corrected chi connectivity index (χ0v) is 9.03. The van der Waals surface area contributed by atoms with Gasteiger partial charge in [-0.25, -0.2) is 0 Å². The number of anilines is 1. The van der Waals surface area contributed by atoms with Crippen LogP contribution in [0.5, 0.6) is 5.75 Å². The molecule has 4 N–H and O–H groups in total. The summed E-state index contributed by atoms with van der Waals surface area (Å²) in [6, 6.07) is 6.49. The Hall–Kier alpha value is -1.22. The van der Waals surface area contributed by atoms with Crippen LogP contribution in [0.1, 0.15) is 24.8 Å². The van der Waals surface area contributed by atoms with Crippen molar-refractivity contribution in [3.05, 3.63) is 23.8 Å². The molecule has 2 atom stereocenters. The predicted octanol–water partition coefficient (Wildman–Crippen LogP) is 1.99. The topological polar surface area (TPSA) is 58.3 Å². The van der Waals surface area contributed by atoms with Gasteiger partial charge in [-0.2, -0.15) is 0 Å². The van der Waals surface area contributed by atoms with Crippen LogP contribution in [0.25, 0.3) is 0 Å². The van der Waals surface area contributed by atoms with E-state index in [-0.39, 0.29) is 0 Å². The van der Waals surface area contributed by atoms with E-state index in [2.05, 4.69) is 5.32 Å². The van der Waals surface area contributed by atoms with Gasteiger partial charge in [-0.15, -0.1) is 0 Å². The highest BCUT2D eigenvalue weighted by molar-refractivity contribution is 5.51. The number of nitrogens with two attached hydrogens (primary N) is 1. The first-order valence-electron chi connectivity index (χ1n) is 5.47. The van der Waals surface area contributed by atoms with Gasteiger partial charge in [0.15, 0.2) is 0 Å². The Morgan fingerprint density at radius 1 is 1.40 bits per heavy atom. The lowest BCUT2D eigenvalue weighted by Gasteiger charge is -2.14. The van der Waals surface area contributed by atoms with Gasteiger partial charge in [-0.05, 0) is 37.8 Å². The van der Waals surface area contributed by atoms with Crippen LogP contribution in [0.4, 0.5) is 5.69 Å². The third-order valence-corrected chi connectivity index (χ3v) is 3.05. The van der Waals surface area contributed by atoms with Gasteiger partial charge in [0.05, 0.1) is 0 Å². The summed E-state index contributed by atoms with van der Waals surface area (Å²) in [6.45, 7) is 1.89. The second-order valence-corrected chi connectivity index (χ2v) is 4.42. The summed E-state index contributed by atoms with van der Waals surface area (Å²) >= 11 is 0. The highest BCUT2D eigenvalue weighted by atomic mass is 16.3. The van der Waals surface area contributed by atoms with Crippen LogP contribution >= 0.6 is 0 Å². The fraction of sp³-hybridized carbons (Fsp3) is 0.500. The average Bonchev–Trinajstić information content (AvgIpc) is 2.58. The van der Waals surface area contributed by atoms with Crippen molar-refractivity contribution in [3.63, 3.8) is 0 Å². The highest BCUT2D eigenvalue weighted by Gasteiger charge is 2.21. The van der Waals surface area contributed by atoms with E-state index in [0.29, 0.717) is 17.8 Å². The van der Waals surface area contributed by atoms with E-state index in [9.17, 15) is 5.11 Å². The summed E-state index contributed by atoms with van der Waals surface area (Å²) in [7, 11) is 0. The van der Waals surface area contributed by atoms with Gasteiger partial charge < -0.3 is 16.2 Å². The summed E-state index contributed by atoms with van der Waals surface area (Å²) in [5.41, 5.74) is 7.73. The van der Waals surface area contributed by atoms with Gasteiger partial charge in [0.25, 0.3) is 0 Å². The molecule has 2 rings (SSSR count). The predicted molar refractivity (Wildman–Crippen MR) is 62.1 cm³/mol. The number of rotatable bonds is 2. The third-order valence-electron chi connectivity index (χ3n) is 3.05. The minimum absolute atomic E-state index is 0.335. The number of phenolic OH excluding ortho intramolecular Hbond substituents is 1. The molecule has 2 unspecified atom stereocenters. The summed E-state index contributed by atoms with van der Waals surface area (Å²) in [6.07, 6.45) is 3.24. The molecular formula is C12H18N2O. The van der Waals surface area contributed by atoms with Crippen molar-refractivity contribution < 1.29 is 5.11 Å². The largest absolute Gasteiger partial charge is 0.508 e. The van der Waals surface area contributed by atoms with Crippen LogP contribution in [0.2, 0.25) is 0 Å². The molecule has 1 saturated carbocycles. The smallest absolute Gasteiger partial charge is 0.120 e. The molecule has 0 amide bonds. The molecule has 1 aromatic carbocycles. The van der Waals surface area contributed by atoms with E-state index >= 15 is 0 Å². The SMILES string of the molecule is Cc1ccc(NC2CCC(N)C2)cc1O. The maximum atomic E-state index is 9.56. The Kier molecular flexibility index (Phi) is 2.82. The highest BCUT2D eigenvalue weighted by Crippen LogP contribution is 2.25. The zero-order chi connectivity index (χ0) is 10.8. The molecule has 82 valence electrons. The molecule has 0 spiro atoms. The summed E-state index contributed by atoms with van der Waals surface area (Å²) in [5.74, 6) is 0.349. The van der Waals surface area contributed by atoms with Crippen molar-refractivity contribution >= 4 is 5.69 Å². The average molecular weight is 206 g/mol. The number of hydrogen-bond donors (Lipinski definition) is 3. The molecule has 1 aromatic rings. The van der Waals surface area contributed by atoms with Crippen LogP contribution in [-0.2, 0) is 0 Å². The quantitative estimate of drug-likeness (QED) is 0.693. The number of aryl methyl sites for hydroxylation is 1. The van der Waals surface area contributed by atoms with Crippen molar-refractivity contribution in [2.24, 2.45) is 5.73 Å². The molecule has 0 radical (unpaired) electrons. The van der Waals surface area contributed by atoms with Crippen molar-refractivity contribution in [2.75, 3.05) is 5.32 Å². The lowest BCUT2D eigenvalue weighted by atomic mass is 10.1. The molecule has 1 fully saturated rings. The molecule has 0 aliphatic heterocycles. The number of aromatic hydroxyl groups is 1. The van der Waals surface area contributed by atoms with Crippen molar-refractivity contribution in [3.8, 4) is 5.75 Å². The minimum atomic E-state index is 0.335. The van der Waals surface area contributed by atoms with Crippen LogP contribution in [-0.4, -0.2) is 17.2 Å². The molecule has 3 nitrogen and oxygen atoms in total. The molecule has 1 aliphatic rings. The van der Waals surface area contributed by atoms with Crippen LogP contribution in [0, 0.1) is 6.92 Å². The van der Waals surface area contributed by atoms with E-state index in [1.807, 2.05) is 19.1 Å². The van der Waals surface area contributed by atoms with Crippen molar-refractivity contribution in [2.45, 2.75) is 38.3 Å². The maximum absolute atomic E-state index is 9.56. The summed E-state index contributed by atoms with van der Waals surface area (Å²) in [5, 5.41) is 13.0. The normalized spacial score (nSPS) is 25.5. The van der Waals surface area contributed by atoms with Gasteiger partial charge in [-0.3, -0.25) is 0 Å². The first-order valence-corrected chi connectivity index (χ1v) is 5.47.